The molecule has 3 aromatic rings. The second kappa shape index (κ2) is 6.54. The second-order valence-electron chi connectivity index (χ2n) is 5.90. The minimum absolute atomic E-state index is 0.133. The maximum atomic E-state index is 14.5. The molecule has 1 aromatic carbocycles. The number of halogens is 1. The SMILES string of the molecule is Cc1ccc(C2C(c3ccccn3)NC(=S)N2c2ccccc2F)s1. The standard InChI is InChI=1S/C19H16FN3S2/c1-12-9-10-16(25-12)18-17(14-7-4-5-11-21-14)22-19(24)23(18)15-8-3-2-6-13(15)20/h2-11,17-18H,1H3,(H,22,24). The Bertz CT molecular complexity index is 910. The Labute approximate surface area is 155 Å². The van der Waals surface area contributed by atoms with Gasteiger partial charge >= 0.3 is 0 Å². The van der Waals surface area contributed by atoms with Gasteiger partial charge in [0.05, 0.1) is 23.5 Å². The van der Waals surface area contributed by atoms with E-state index >= 15 is 0 Å². The Morgan fingerprint density at radius 1 is 1.12 bits per heavy atom. The summed E-state index contributed by atoms with van der Waals surface area (Å²) >= 11 is 7.27. The van der Waals surface area contributed by atoms with Gasteiger partial charge in [-0.05, 0) is 55.5 Å². The molecule has 126 valence electrons. The molecule has 1 fully saturated rings. The maximum absolute atomic E-state index is 14.5. The van der Waals surface area contributed by atoms with Crippen LogP contribution in [0.5, 0.6) is 0 Å². The van der Waals surface area contributed by atoms with Crippen LogP contribution in [0.25, 0.3) is 0 Å². The zero-order chi connectivity index (χ0) is 17.4. The van der Waals surface area contributed by atoms with Gasteiger partial charge in [-0.25, -0.2) is 4.39 Å². The lowest BCUT2D eigenvalue weighted by molar-refractivity contribution is 0.565. The molecule has 3 heterocycles. The van der Waals surface area contributed by atoms with E-state index in [9.17, 15) is 4.39 Å². The largest absolute Gasteiger partial charge is 0.351 e. The van der Waals surface area contributed by atoms with Gasteiger partial charge in [-0.3, -0.25) is 4.98 Å². The lowest BCUT2D eigenvalue weighted by Crippen LogP contribution is -2.29. The zero-order valence-corrected chi connectivity index (χ0v) is 15.2. The van der Waals surface area contributed by atoms with Crippen molar-refractivity contribution in [3.8, 4) is 0 Å². The van der Waals surface area contributed by atoms with E-state index in [1.165, 1.54) is 10.9 Å². The maximum Gasteiger partial charge on any atom is 0.174 e. The summed E-state index contributed by atoms with van der Waals surface area (Å²) in [5.74, 6) is -0.286. The average molecular weight is 369 g/mol. The minimum atomic E-state index is -0.286. The lowest BCUT2D eigenvalue weighted by Gasteiger charge is -2.27. The Morgan fingerprint density at radius 2 is 1.92 bits per heavy atom. The minimum Gasteiger partial charge on any atom is -0.351 e. The van der Waals surface area contributed by atoms with E-state index in [0.717, 1.165) is 10.6 Å². The Morgan fingerprint density at radius 3 is 2.60 bits per heavy atom. The van der Waals surface area contributed by atoms with Crippen LogP contribution in [0.3, 0.4) is 0 Å². The number of pyridine rings is 1. The van der Waals surface area contributed by atoms with Gasteiger partial charge in [0.25, 0.3) is 0 Å². The number of nitrogens with zero attached hydrogens (tertiary/aromatic N) is 2. The number of hydrogen-bond donors (Lipinski definition) is 1. The van der Waals surface area contributed by atoms with Crippen molar-refractivity contribution in [2.45, 2.75) is 19.0 Å². The van der Waals surface area contributed by atoms with Crippen molar-refractivity contribution in [2.24, 2.45) is 0 Å². The van der Waals surface area contributed by atoms with Crippen LogP contribution in [0.2, 0.25) is 0 Å². The molecule has 25 heavy (non-hydrogen) atoms. The molecule has 1 aliphatic heterocycles. The quantitative estimate of drug-likeness (QED) is 0.673. The molecule has 4 rings (SSSR count). The Hall–Kier alpha value is -2.31. The summed E-state index contributed by atoms with van der Waals surface area (Å²) < 4.78 is 14.5. The van der Waals surface area contributed by atoms with Gasteiger partial charge in [0, 0.05) is 16.0 Å². The van der Waals surface area contributed by atoms with Crippen LogP contribution in [-0.4, -0.2) is 10.1 Å². The molecule has 0 aliphatic carbocycles. The first-order valence-corrected chi connectivity index (χ1v) is 9.19. The number of thiocarbonyl (C=S) groups is 1. The predicted molar refractivity (Wildman–Crippen MR) is 103 cm³/mol. The van der Waals surface area contributed by atoms with Gasteiger partial charge in [-0.2, -0.15) is 0 Å². The first-order chi connectivity index (χ1) is 12.1. The summed E-state index contributed by atoms with van der Waals surface area (Å²) in [6.07, 6.45) is 1.77. The number of hydrogen-bond acceptors (Lipinski definition) is 3. The summed E-state index contributed by atoms with van der Waals surface area (Å²) in [5.41, 5.74) is 1.37. The third-order valence-electron chi connectivity index (χ3n) is 4.26. The zero-order valence-electron chi connectivity index (χ0n) is 13.5. The molecule has 0 saturated carbocycles. The van der Waals surface area contributed by atoms with Crippen molar-refractivity contribution in [2.75, 3.05) is 4.90 Å². The van der Waals surface area contributed by atoms with Crippen molar-refractivity contribution in [1.82, 2.24) is 10.3 Å². The van der Waals surface area contributed by atoms with E-state index in [-0.39, 0.29) is 17.9 Å². The van der Waals surface area contributed by atoms with Crippen LogP contribution in [-0.2, 0) is 0 Å². The van der Waals surface area contributed by atoms with E-state index in [4.69, 9.17) is 12.2 Å². The van der Waals surface area contributed by atoms with Crippen LogP contribution >= 0.6 is 23.6 Å². The number of benzene rings is 1. The molecule has 2 atom stereocenters. The fraction of sp³-hybridized carbons (Fsp3) is 0.158. The number of para-hydroxylation sites is 1. The van der Waals surface area contributed by atoms with Crippen LogP contribution in [0, 0.1) is 12.7 Å². The van der Waals surface area contributed by atoms with E-state index in [1.807, 2.05) is 29.2 Å². The molecule has 0 amide bonds. The van der Waals surface area contributed by atoms with Crippen molar-refractivity contribution < 1.29 is 4.39 Å². The highest BCUT2D eigenvalue weighted by atomic mass is 32.1. The van der Waals surface area contributed by atoms with Crippen molar-refractivity contribution in [1.29, 1.82) is 0 Å². The van der Waals surface area contributed by atoms with Crippen LogP contribution in [0.1, 0.15) is 27.5 Å². The fourth-order valence-corrected chi connectivity index (χ4v) is 4.51. The molecule has 0 bridgehead atoms. The van der Waals surface area contributed by atoms with Crippen molar-refractivity contribution in [3.63, 3.8) is 0 Å². The highest BCUT2D eigenvalue weighted by molar-refractivity contribution is 7.80. The summed E-state index contributed by atoms with van der Waals surface area (Å²) in [5, 5.41) is 3.85. The topological polar surface area (TPSA) is 28.2 Å². The van der Waals surface area contributed by atoms with Gasteiger partial charge in [0.2, 0.25) is 0 Å². The summed E-state index contributed by atoms with van der Waals surface area (Å²) in [6.45, 7) is 2.07. The van der Waals surface area contributed by atoms with E-state index < -0.39 is 0 Å². The molecule has 2 aromatic heterocycles. The van der Waals surface area contributed by atoms with Gasteiger partial charge < -0.3 is 10.2 Å². The molecule has 3 nitrogen and oxygen atoms in total. The number of aromatic nitrogens is 1. The normalized spacial score (nSPS) is 19.9. The molecular weight excluding hydrogens is 353 g/mol. The first-order valence-electron chi connectivity index (χ1n) is 7.96. The molecule has 1 N–H and O–H groups in total. The van der Waals surface area contributed by atoms with Crippen molar-refractivity contribution >= 4 is 34.4 Å². The fourth-order valence-electron chi connectivity index (χ4n) is 3.16. The van der Waals surface area contributed by atoms with Gasteiger partial charge in [-0.15, -0.1) is 11.3 Å². The highest BCUT2D eigenvalue weighted by Gasteiger charge is 2.42. The Balaban J connectivity index is 1.85. The van der Waals surface area contributed by atoms with Gasteiger partial charge in [0.15, 0.2) is 5.11 Å². The van der Waals surface area contributed by atoms with E-state index in [0.29, 0.717) is 10.8 Å². The number of rotatable bonds is 3. The molecule has 2 unspecified atom stereocenters. The monoisotopic (exact) mass is 369 g/mol. The number of nitrogens with one attached hydrogen (secondary N) is 1. The number of aryl methyl sites for hydroxylation is 1. The summed E-state index contributed by atoms with van der Waals surface area (Å²) in [4.78, 5) is 8.70. The van der Waals surface area contributed by atoms with Crippen LogP contribution in [0.15, 0.2) is 60.8 Å². The highest BCUT2D eigenvalue weighted by Crippen LogP contribution is 2.44. The van der Waals surface area contributed by atoms with Crippen LogP contribution < -0.4 is 10.2 Å². The predicted octanol–water partition coefficient (Wildman–Crippen LogP) is 4.77. The molecular formula is C19H16FN3S2. The average Bonchev–Trinajstić information content (AvgIpc) is 3.19. The first kappa shape index (κ1) is 16.2. The third kappa shape index (κ3) is 2.92. The van der Waals surface area contributed by atoms with E-state index in [1.54, 1.807) is 29.7 Å². The number of thiophene rings is 1. The van der Waals surface area contributed by atoms with Gasteiger partial charge in [-0.1, -0.05) is 18.2 Å². The third-order valence-corrected chi connectivity index (χ3v) is 5.65. The molecule has 1 aliphatic rings. The molecule has 1 saturated heterocycles. The van der Waals surface area contributed by atoms with Crippen LogP contribution in [0.4, 0.5) is 10.1 Å². The summed E-state index contributed by atoms with van der Waals surface area (Å²) in [7, 11) is 0. The van der Waals surface area contributed by atoms with Gasteiger partial charge in [0.1, 0.15) is 5.82 Å². The smallest absolute Gasteiger partial charge is 0.174 e. The molecule has 6 heteroatoms. The lowest BCUT2D eigenvalue weighted by atomic mass is 10.0. The number of anilines is 1. The molecule has 0 spiro atoms. The van der Waals surface area contributed by atoms with E-state index in [2.05, 4.69) is 29.4 Å². The molecule has 0 radical (unpaired) electrons. The van der Waals surface area contributed by atoms with Crippen molar-refractivity contribution in [3.05, 3.63) is 82.1 Å². The summed E-state index contributed by atoms with van der Waals surface area (Å²) in [6, 6.07) is 16.4. The Kier molecular flexibility index (Phi) is 4.23. The second-order valence-corrected chi connectivity index (χ2v) is 7.60.